The molecule has 7 heteroatoms. The van der Waals surface area contributed by atoms with Gasteiger partial charge in [0.15, 0.2) is 0 Å². The van der Waals surface area contributed by atoms with Crippen molar-refractivity contribution < 1.29 is 13.2 Å². The predicted octanol–water partition coefficient (Wildman–Crippen LogP) is 4.75. The highest BCUT2D eigenvalue weighted by Gasteiger charge is 2.34. The van der Waals surface area contributed by atoms with Crippen molar-refractivity contribution in [3.63, 3.8) is 0 Å². The van der Waals surface area contributed by atoms with Crippen LogP contribution in [0.25, 0.3) is 22.2 Å². The molecule has 1 saturated heterocycles. The lowest BCUT2D eigenvalue weighted by Gasteiger charge is -2.31. The Kier molecular flexibility index (Phi) is 5.58. The Labute approximate surface area is 161 Å². The van der Waals surface area contributed by atoms with Crippen LogP contribution in [-0.4, -0.2) is 31.2 Å². The number of hydrogen-bond donors (Lipinski definition) is 1. The fraction of sp³-hybridized carbons (Fsp3) is 0.250. The maximum Gasteiger partial charge on any atom is 0.418 e. The highest BCUT2D eigenvalue weighted by molar-refractivity contribution is 5.96. The van der Waals surface area contributed by atoms with Crippen molar-refractivity contribution in [1.82, 2.24) is 10.3 Å². The molecule has 2 heterocycles. The number of halogens is 4. The molecule has 0 amide bonds. The van der Waals surface area contributed by atoms with Gasteiger partial charge in [-0.2, -0.15) is 13.2 Å². The summed E-state index contributed by atoms with van der Waals surface area (Å²) >= 11 is 0. The highest BCUT2D eigenvalue weighted by atomic mass is 35.5. The quantitative estimate of drug-likeness (QED) is 0.681. The van der Waals surface area contributed by atoms with E-state index in [4.69, 9.17) is 0 Å². The molecule has 1 N–H and O–H groups in total. The molecule has 27 heavy (non-hydrogen) atoms. The van der Waals surface area contributed by atoms with E-state index in [1.54, 1.807) is 6.07 Å². The van der Waals surface area contributed by atoms with Gasteiger partial charge in [-0.1, -0.05) is 42.5 Å². The highest BCUT2D eigenvalue weighted by Crippen LogP contribution is 2.38. The minimum absolute atomic E-state index is 0. The molecule has 1 aliphatic rings. The Hall–Kier alpha value is -2.31. The molecule has 1 aliphatic heterocycles. The maximum absolute atomic E-state index is 13.6. The smallest absolute Gasteiger partial charge is 0.368 e. The number of fused-ring (bicyclic) bond motifs is 1. The molecule has 0 saturated carbocycles. The molecular weight excluding hydrogens is 375 g/mol. The van der Waals surface area contributed by atoms with E-state index in [-0.39, 0.29) is 17.9 Å². The van der Waals surface area contributed by atoms with Crippen LogP contribution in [0.4, 0.5) is 18.9 Å². The molecule has 142 valence electrons. The van der Waals surface area contributed by atoms with E-state index in [0.717, 1.165) is 43.5 Å². The van der Waals surface area contributed by atoms with Gasteiger partial charge in [-0.05, 0) is 12.1 Å². The lowest BCUT2D eigenvalue weighted by atomic mass is 10.0. The first kappa shape index (κ1) is 19.5. The SMILES string of the molecule is Cl.FC(F)(F)c1cccc2c(N3CCNCC3)cc(-c3ccccc3)nc12. The van der Waals surface area contributed by atoms with Gasteiger partial charge in [0.05, 0.1) is 16.8 Å². The number of hydrogen-bond acceptors (Lipinski definition) is 3. The molecule has 0 atom stereocenters. The number of benzene rings is 2. The van der Waals surface area contributed by atoms with E-state index >= 15 is 0 Å². The topological polar surface area (TPSA) is 28.2 Å². The molecular formula is C20H19ClF3N3. The van der Waals surface area contributed by atoms with Gasteiger partial charge < -0.3 is 10.2 Å². The molecule has 1 fully saturated rings. The number of para-hydroxylation sites is 1. The Balaban J connectivity index is 0.00000210. The summed E-state index contributed by atoms with van der Waals surface area (Å²) in [5, 5.41) is 3.82. The van der Waals surface area contributed by atoms with Crippen LogP contribution >= 0.6 is 12.4 Å². The average molecular weight is 394 g/mol. The van der Waals surface area contributed by atoms with Gasteiger partial charge in [-0.15, -0.1) is 12.4 Å². The number of pyridine rings is 1. The van der Waals surface area contributed by atoms with Crippen molar-refractivity contribution in [3.8, 4) is 11.3 Å². The lowest BCUT2D eigenvalue weighted by molar-refractivity contribution is -0.136. The molecule has 3 aromatic rings. The van der Waals surface area contributed by atoms with E-state index in [1.165, 1.54) is 6.07 Å². The van der Waals surface area contributed by atoms with Crippen LogP contribution < -0.4 is 10.2 Å². The first-order chi connectivity index (χ1) is 12.5. The zero-order valence-corrected chi connectivity index (χ0v) is 15.3. The molecule has 3 nitrogen and oxygen atoms in total. The third kappa shape index (κ3) is 3.87. The van der Waals surface area contributed by atoms with Crippen LogP contribution in [0, 0.1) is 0 Å². The van der Waals surface area contributed by atoms with E-state index in [0.29, 0.717) is 11.1 Å². The summed E-state index contributed by atoms with van der Waals surface area (Å²) in [5.41, 5.74) is 1.49. The van der Waals surface area contributed by atoms with Crippen molar-refractivity contribution in [2.75, 3.05) is 31.1 Å². The van der Waals surface area contributed by atoms with Crippen LogP contribution in [-0.2, 0) is 6.18 Å². The van der Waals surface area contributed by atoms with Crippen LogP contribution in [0.1, 0.15) is 5.56 Å². The molecule has 2 aromatic carbocycles. The normalized spacial score (nSPS) is 14.9. The zero-order valence-electron chi connectivity index (χ0n) is 14.5. The van der Waals surface area contributed by atoms with Crippen LogP contribution in [0.3, 0.4) is 0 Å². The van der Waals surface area contributed by atoms with E-state index in [1.807, 2.05) is 36.4 Å². The van der Waals surface area contributed by atoms with Crippen LogP contribution in [0.5, 0.6) is 0 Å². The summed E-state index contributed by atoms with van der Waals surface area (Å²) < 4.78 is 40.7. The number of nitrogens with zero attached hydrogens (tertiary/aromatic N) is 2. The van der Waals surface area contributed by atoms with Gasteiger partial charge in [-0.25, -0.2) is 4.98 Å². The Bertz CT molecular complexity index is 923. The molecule has 0 aliphatic carbocycles. The second kappa shape index (κ2) is 7.74. The largest absolute Gasteiger partial charge is 0.418 e. The molecule has 4 rings (SSSR count). The summed E-state index contributed by atoms with van der Waals surface area (Å²) in [7, 11) is 0. The first-order valence-corrected chi connectivity index (χ1v) is 8.56. The van der Waals surface area contributed by atoms with Crippen molar-refractivity contribution in [1.29, 1.82) is 0 Å². The minimum atomic E-state index is -4.44. The third-order valence-corrected chi connectivity index (χ3v) is 4.65. The maximum atomic E-state index is 13.6. The number of rotatable bonds is 2. The number of alkyl halides is 3. The van der Waals surface area contributed by atoms with E-state index in [2.05, 4.69) is 15.2 Å². The molecule has 0 unspecified atom stereocenters. The standard InChI is InChI=1S/C20H18F3N3.ClH/c21-20(22,23)16-8-4-7-15-18(26-11-9-24-10-12-26)13-17(25-19(15)16)14-5-2-1-3-6-14;/h1-8,13,24H,9-12H2;1H. The van der Waals surface area contributed by atoms with Gasteiger partial charge in [0.1, 0.15) is 0 Å². The second-order valence-corrected chi connectivity index (χ2v) is 6.33. The van der Waals surface area contributed by atoms with Crippen molar-refractivity contribution in [2.24, 2.45) is 0 Å². The number of anilines is 1. The van der Waals surface area contributed by atoms with E-state index in [9.17, 15) is 13.2 Å². The van der Waals surface area contributed by atoms with Gasteiger partial charge in [0.2, 0.25) is 0 Å². The Morgan fingerprint density at radius 3 is 2.30 bits per heavy atom. The minimum Gasteiger partial charge on any atom is -0.368 e. The van der Waals surface area contributed by atoms with Crippen LogP contribution in [0.2, 0.25) is 0 Å². The number of nitrogens with one attached hydrogen (secondary N) is 1. The van der Waals surface area contributed by atoms with Gasteiger partial charge >= 0.3 is 6.18 Å². The van der Waals surface area contributed by atoms with Crippen molar-refractivity contribution >= 4 is 29.0 Å². The predicted molar refractivity (Wildman–Crippen MR) is 105 cm³/mol. The third-order valence-electron chi connectivity index (χ3n) is 4.65. The van der Waals surface area contributed by atoms with Crippen molar-refractivity contribution in [3.05, 3.63) is 60.2 Å². The first-order valence-electron chi connectivity index (χ1n) is 8.56. The Morgan fingerprint density at radius 2 is 1.63 bits per heavy atom. The number of aromatic nitrogens is 1. The zero-order chi connectivity index (χ0) is 18.1. The molecule has 0 spiro atoms. The van der Waals surface area contributed by atoms with Gasteiger partial charge in [-0.3, -0.25) is 0 Å². The van der Waals surface area contributed by atoms with Gasteiger partial charge in [0.25, 0.3) is 0 Å². The summed E-state index contributed by atoms with van der Waals surface area (Å²) in [6.07, 6.45) is -4.44. The fourth-order valence-corrected chi connectivity index (χ4v) is 3.38. The summed E-state index contributed by atoms with van der Waals surface area (Å²) in [6, 6.07) is 15.5. The van der Waals surface area contributed by atoms with Crippen LogP contribution in [0.15, 0.2) is 54.6 Å². The monoisotopic (exact) mass is 393 g/mol. The fourth-order valence-electron chi connectivity index (χ4n) is 3.38. The average Bonchev–Trinajstić information content (AvgIpc) is 2.67. The molecule has 0 bridgehead atoms. The summed E-state index contributed by atoms with van der Waals surface area (Å²) in [6.45, 7) is 3.13. The summed E-state index contributed by atoms with van der Waals surface area (Å²) in [4.78, 5) is 6.54. The van der Waals surface area contributed by atoms with Gasteiger partial charge in [0, 0.05) is 42.8 Å². The molecule has 1 aromatic heterocycles. The van der Waals surface area contributed by atoms with E-state index < -0.39 is 11.7 Å². The second-order valence-electron chi connectivity index (χ2n) is 6.33. The van der Waals surface area contributed by atoms with Crippen molar-refractivity contribution in [2.45, 2.75) is 6.18 Å². The number of piperazine rings is 1. The lowest BCUT2D eigenvalue weighted by Crippen LogP contribution is -2.43. The Morgan fingerprint density at radius 1 is 0.926 bits per heavy atom. The molecule has 0 radical (unpaired) electrons. The summed E-state index contributed by atoms with van der Waals surface area (Å²) in [5.74, 6) is 0.